The molecule has 0 aliphatic carbocycles. The molecule has 7 heteroatoms. The van der Waals surface area contributed by atoms with Gasteiger partial charge in [0.15, 0.2) is 11.6 Å². The molecule has 1 fully saturated rings. The van der Waals surface area contributed by atoms with Crippen LogP contribution < -0.4 is 10.2 Å². The topological polar surface area (TPSA) is 87.6 Å². The number of amides is 1. The molecule has 1 atom stereocenters. The van der Waals surface area contributed by atoms with Crippen LogP contribution in [0.1, 0.15) is 45.1 Å². The van der Waals surface area contributed by atoms with Crippen molar-refractivity contribution in [3.8, 4) is 11.3 Å². The minimum absolute atomic E-state index is 0.0707. The normalized spacial score (nSPS) is 19.6. The number of hydrogen-bond donors (Lipinski definition) is 2. The smallest absolute Gasteiger partial charge is 0.245 e. The number of carbonyl (C=O) groups is 1. The van der Waals surface area contributed by atoms with Gasteiger partial charge in [0.05, 0.1) is 30.1 Å². The Morgan fingerprint density at radius 3 is 2.76 bits per heavy atom. The Hall–Kier alpha value is -2.51. The highest BCUT2D eigenvalue weighted by Gasteiger charge is 2.26. The van der Waals surface area contributed by atoms with Crippen molar-refractivity contribution in [3.05, 3.63) is 36.0 Å². The summed E-state index contributed by atoms with van der Waals surface area (Å²) < 4.78 is 5.83. The standard InChI is InChI=1S/C22H28N4O3/c1-22(2,28)16-8-6-15(7-9-16)18-13-23-20-21(24-18)26(14-19(27)25-20)11-10-17-5-3-4-12-29-17/h6-9,13,17,28H,3-5,10-12,14H2,1-2H3,(H,23,25,27). The number of ether oxygens (including phenoxy) is 1. The molecule has 1 amide bonds. The lowest BCUT2D eigenvalue weighted by Gasteiger charge is -2.31. The van der Waals surface area contributed by atoms with E-state index in [2.05, 4.69) is 10.3 Å². The van der Waals surface area contributed by atoms with Gasteiger partial charge in [-0.25, -0.2) is 9.97 Å². The quantitative estimate of drug-likeness (QED) is 0.808. The second-order valence-corrected chi connectivity index (χ2v) is 8.31. The first-order valence-corrected chi connectivity index (χ1v) is 10.3. The van der Waals surface area contributed by atoms with Gasteiger partial charge in [-0.15, -0.1) is 0 Å². The molecule has 2 N–H and O–H groups in total. The van der Waals surface area contributed by atoms with Crippen LogP contribution in [-0.2, 0) is 15.1 Å². The van der Waals surface area contributed by atoms with E-state index in [-0.39, 0.29) is 18.6 Å². The molecular weight excluding hydrogens is 368 g/mol. The summed E-state index contributed by atoms with van der Waals surface area (Å²) in [5.41, 5.74) is 1.61. The lowest BCUT2D eigenvalue weighted by Crippen LogP contribution is -2.41. The number of nitrogens with zero attached hydrogens (tertiary/aromatic N) is 3. The van der Waals surface area contributed by atoms with E-state index in [1.807, 2.05) is 29.2 Å². The predicted molar refractivity (Wildman–Crippen MR) is 112 cm³/mol. The van der Waals surface area contributed by atoms with Crippen molar-refractivity contribution in [2.24, 2.45) is 0 Å². The van der Waals surface area contributed by atoms with Crippen LogP contribution in [0.2, 0.25) is 0 Å². The van der Waals surface area contributed by atoms with Gasteiger partial charge in [0.25, 0.3) is 0 Å². The van der Waals surface area contributed by atoms with Crippen LogP contribution in [-0.4, -0.2) is 46.8 Å². The van der Waals surface area contributed by atoms with Crippen molar-refractivity contribution in [3.63, 3.8) is 0 Å². The summed E-state index contributed by atoms with van der Waals surface area (Å²) in [5, 5.41) is 13.0. The first kappa shape index (κ1) is 19.8. The molecule has 0 radical (unpaired) electrons. The molecule has 4 rings (SSSR count). The van der Waals surface area contributed by atoms with Gasteiger partial charge in [0.1, 0.15) is 0 Å². The van der Waals surface area contributed by atoms with Gasteiger partial charge in [-0.2, -0.15) is 0 Å². The number of carbonyl (C=O) groups excluding carboxylic acids is 1. The van der Waals surface area contributed by atoms with Crippen molar-refractivity contribution in [2.45, 2.75) is 51.2 Å². The van der Waals surface area contributed by atoms with E-state index in [1.54, 1.807) is 20.0 Å². The molecule has 7 nitrogen and oxygen atoms in total. The zero-order valence-electron chi connectivity index (χ0n) is 17.0. The van der Waals surface area contributed by atoms with Gasteiger partial charge in [-0.1, -0.05) is 24.3 Å². The fraction of sp³-hybridized carbons (Fsp3) is 0.500. The summed E-state index contributed by atoms with van der Waals surface area (Å²) in [6.45, 7) is 5.33. The second kappa shape index (κ2) is 8.08. The monoisotopic (exact) mass is 396 g/mol. The summed E-state index contributed by atoms with van der Waals surface area (Å²) in [4.78, 5) is 23.3. The SMILES string of the molecule is CC(C)(O)c1ccc(-c2cnc3c(n2)N(CCC2CCCCO2)CC(=O)N3)cc1. The first-order valence-electron chi connectivity index (χ1n) is 10.3. The number of benzene rings is 1. The van der Waals surface area contributed by atoms with Crippen LogP contribution in [0.5, 0.6) is 0 Å². The van der Waals surface area contributed by atoms with Crippen molar-refractivity contribution in [1.29, 1.82) is 0 Å². The largest absolute Gasteiger partial charge is 0.386 e. The number of hydrogen-bond acceptors (Lipinski definition) is 6. The average Bonchev–Trinajstić information content (AvgIpc) is 2.72. The molecule has 0 saturated carbocycles. The Kier molecular flexibility index (Phi) is 5.52. The zero-order chi connectivity index (χ0) is 20.4. The molecule has 1 aromatic heterocycles. The highest BCUT2D eigenvalue weighted by Crippen LogP contribution is 2.30. The Balaban J connectivity index is 1.55. The molecule has 1 aromatic carbocycles. The summed E-state index contributed by atoms with van der Waals surface area (Å²) in [7, 11) is 0. The summed E-state index contributed by atoms with van der Waals surface area (Å²) in [5.74, 6) is 1.13. The molecule has 29 heavy (non-hydrogen) atoms. The minimum atomic E-state index is -0.887. The number of aromatic nitrogens is 2. The maximum Gasteiger partial charge on any atom is 0.245 e. The number of anilines is 2. The number of nitrogens with one attached hydrogen (secondary N) is 1. The highest BCUT2D eigenvalue weighted by molar-refractivity contribution is 5.99. The van der Waals surface area contributed by atoms with Crippen LogP contribution >= 0.6 is 0 Å². The molecule has 0 spiro atoms. The van der Waals surface area contributed by atoms with Gasteiger partial charge < -0.3 is 20.1 Å². The third-order valence-electron chi connectivity index (χ3n) is 5.53. The van der Waals surface area contributed by atoms with Gasteiger partial charge in [-0.3, -0.25) is 4.79 Å². The molecule has 2 aromatic rings. The zero-order valence-corrected chi connectivity index (χ0v) is 17.0. The molecular formula is C22H28N4O3. The maximum absolute atomic E-state index is 12.1. The second-order valence-electron chi connectivity index (χ2n) is 8.31. The molecule has 2 aliphatic rings. The molecule has 3 heterocycles. The van der Waals surface area contributed by atoms with Crippen molar-refractivity contribution in [2.75, 3.05) is 29.9 Å². The van der Waals surface area contributed by atoms with E-state index in [0.717, 1.165) is 42.7 Å². The fourth-order valence-corrected chi connectivity index (χ4v) is 3.82. The summed E-state index contributed by atoms with van der Waals surface area (Å²) >= 11 is 0. The minimum Gasteiger partial charge on any atom is -0.386 e. The third kappa shape index (κ3) is 4.57. The van der Waals surface area contributed by atoms with Gasteiger partial charge in [0, 0.05) is 18.7 Å². The van der Waals surface area contributed by atoms with Gasteiger partial charge in [0.2, 0.25) is 5.91 Å². The van der Waals surface area contributed by atoms with E-state index in [0.29, 0.717) is 18.2 Å². The van der Waals surface area contributed by atoms with Gasteiger partial charge in [-0.05, 0) is 45.1 Å². The predicted octanol–water partition coefficient (Wildman–Crippen LogP) is 3.09. The van der Waals surface area contributed by atoms with Crippen molar-refractivity contribution in [1.82, 2.24) is 9.97 Å². The lowest BCUT2D eigenvalue weighted by molar-refractivity contribution is -0.115. The van der Waals surface area contributed by atoms with Crippen LogP contribution in [0.4, 0.5) is 11.6 Å². The number of fused-ring (bicyclic) bond motifs is 1. The maximum atomic E-state index is 12.1. The van der Waals surface area contributed by atoms with Crippen molar-refractivity contribution >= 4 is 17.5 Å². The highest BCUT2D eigenvalue weighted by atomic mass is 16.5. The molecule has 154 valence electrons. The Morgan fingerprint density at radius 1 is 1.28 bits per heavy atom. The van der Waals surface area contributed by atoms with Crippen LogP contribution in [0, 0.1) is 0 Å². The van der Waals surface area contributed by atoms with Crippen molar-refractivity contribution < 1.29 is 14.6 Å². The number of aliphatic hydroxyl groups is 1. The molecule has 1 saturated heterocycles. The molecule has 2 aliphatic heterocycles. The Bertz CT molecular complexity index is 871. The van der Waals surface area contributed by atoms with E-state index >= 15 is 0 Å². The third-order valence-corrected chi connectivity index (χ3v) is 5.53. The van der Waals surface area contributed by atoms with Crippen LogP contribution in [0.15, 0.2) is 30.5 Å². The number of rotatable bonds is 5. The summed E-state index contributed by atoms with van der Waals surface area (Å²) in [6.07, 6.45) is 6.21. The van der Waals surface area contributed by atoms with Gasteiger partial charge >= 0.3 is 0 Å². The average molecular weight is 396 g/mol. The van der Waals surface area contributed by atoms with E-state index in [9.17, 15) is 9.90 Å². The Labute approximate surface area is 171 Å². The van der Waals surface area contributed by atoms with Crippen LogP contribution in [0.25, 0.3) is 11.3 Å². The van der Waals surface area contributed by atoms with E-state index in [1.165, 1.54) is 6.42 Å². The lowest BCUT2D eigenvalue weighted by atomic mass is 9.97. The fourth-order valence-electron chi connectivity index (χ4n) is 3.82. The van der Waals surface area contributed by atoms with Crippen LogP contribution in [0.3, 0.4) is 0 Å². The van der Waals surface area contributed by atoms with E-state index in [4.69, 9.17) is 9.72 Å². The molecule has 1 unspecified atom stereocenters. The molecule has 0 bridgehead atoms. The Morgan fingerprint density at radius 2 is 2.07 bits per heavy atom. The first-order chi connectivity index (χ1) is 13.9. The van der Waals surface area contributed by atoms with E-state index < -0.39 is 5.60 Å². The summed E-state index contributed by atoms with van der Waals surface area (Å²) in [6, 6.07) is 7.67.